The summed E-state index contributed by atoms with van der Waals surface area (Å²) in [6.07, 6.45) is 0. The summed E-state index contributed by atoms with van der Waals surface area (Å²) in [5, 5.41) is 8.10. The molecule has 0 aromatic carbocycles. The van der Waals surface area contributed by atoms with Gasteiger partial charge in [0.25, 0.3) is 0 Å². The van der Waals surface area contributed by atoms with Crippen LogP contribution in [-0.2, 0) is 4.79 Å². The predicted molar refractivity (Wildman–Crippen MR) is 66.5 cm³/mol. The van der Waals surface area contributed by atoms with Crippen LogP contribution in [0.15, 0.2) is 6.07 Å². The van der Waals surface area contributed by atoms with Crippen LogP contribution in [-0.4, -0.2) is 47.2 Å². The first-order valence-corrected chi connectivity index (χ1v) is 6.02. The van der Waals surface area contributed by atoms with Crippen molar-refractivity contribution in [2.45, 2.75) is 6.92 Å². The van der Waals surface area contributed by atoms with Crippen LogP contribution in [0, 0.1) is 0 Å². The Morgan fingerprint density at radius 3 is 2.47 bits per heavy atom. The standard InChI is InChI=1S/C10H12Cl2N4O/c1-7(17)15-2-4-16(5-3-15)8-6-9(11)13-14-10(8)12/h6H,2-5H2,1H3. The number of hydrogen-bond acceptors (Lipinski definition) is 4. The maximum Gasteiger partial charge on any atom is 0.219 e. The lowest BCUT2D eigenvalue weighted by atomic mass is 10.3. The number of rotatable bonds is 1. The van der Waals surface area contributed by atoms with Crippen molar-refractivity contribution >= 4 is 34.8 Å². The fourth-order valence-corrected chi connectivity index (χ4v) is 2.18. The van der Waals surface area contributed by atoms with Gasteiger partial charge >= 0.3 is 0 Å². The van der Waals surface area contributed by atoms with Gasteiger partial charge in [-0.05, 0) is 0 Å². The SMILES string of the molecule is CC(=O)N1CCN(c2cc(Cl)nnc2Cl)CC1. The van der Waals surface area contributed by atoms with Gasteiger partial charge in [-0.2, -0.15) is 0 Å². The van der Waals surface area contributed by atoms with Crippen molar-refractivity contribution in [3.8, 4) is 0 Å². The largest absolute Gasteiger partial charge is 0.365 e. The van der Waals surface area contributed by atoms with E-state index in [0.717, 1.165) is 18.8 Å². The molecule has 1 aliphatic rings. The minimum atomic E-state index is 0.0987. The van der Waals surface area contributed by atoms with E-state index in [1.54, 1.807) is 17.9 Å². The van der Waals surface area contributed by atoms with Gasteiger partial charge in [0, 0.05) is 39.2 Å². The third kappa shape index (κ3) is 2.79. The number of aromatic nitrogens is 2. The van der Waals surface area contributed by atoms with E-state index in [4.69, 9.17) is 23.2 Å². The van der Waals surface area contributed by atoms with Crippen LogP contribution in [0.25, 0.3) is 0 Å². The smallest absolute Gasteiger partial charge is 0.219 e. The minimum absolute atomic E-state index is 0.0987. The number of carbonyl (C=O) groups excluding carboxylic acids is 1. The molecule has 17 heavy (non-hydrogen) atoms. The summed E-state index contributed by atoms with van der Waals surface area (Å²) in [5.41, 5.74) is 0.773. The second-order valence-corrected chi connectivity index (χ2v) is 4.58. The first-order chi connectivity index (χ1) is 8.08. The molecule has 1 fully saturated rings. The molecule has 0 radical (unpaired) electrons. The Balaban J connectivity index is 2.10. The summed E-state index contributed by atoms with van der Waals surface area (Å²) in [6, 6.07) is 1.69. The Bertz CT molecular complexity index is 432. The van der Waals surface area contributed by atoms with Crippen LogP contribution in [0.2, 0.25) is 10.3 Å². The van der Waals surface area contributed by atoms with Gasteiger partial charge in [-0.1, -0.05) is 23.2 Å². The van der Waals surface area contributed by atoms with E-state index in [2.05, 4.69) is 15.1 Å². The zero-order valence-electron chi connectivity index (χ0n) is 9.36. The fraction of sp³-hybridized carbons (Fsp3) is 0.500. The lowest BCUT2D eigenvalue weighted by molar-refractivity contribution is -0.129. The van der Waals surface area contributed by atoms with Gasteiger partial charge in [-0.25, -0.2) is 0 Å². The molecule has 1 aromatic heterocycles. The van der Waals surface area contributed by atoms with E-state index >= 15 is 0 Å². The quantitative estimate of drug-likeness (QED) is 0.778. The lowest BCUT2D eigenvalue weighted by Crippen LogP contribution is -2.48. The van der Waals surface area contributed by atoms with Gasteiger partial charge in [-0.3, -0.25) is 4.79 Å². The average Bonchev–Trinajstić information content (AvgIpc) is 2.32. The second kappa shape index (κ2) is 5.06. The second-order valence-electron chi connectivity index (χ2n) is 3.84. The Labute approximate surface area is 109 Å². The maximum atomic E-state index is 11.2. The van der Waals surface area contributed by atoms with Gasteiger partial charge in [0.15, 0.2) is 10.3 Å². The molecule has 0 unspecified atom stereocenters. The first kappa shape index (κ1) is 12.4. The number of hydrogen-bond donors (Lipinski definition) is 0. The number of amides is 1. The number of carbonyl (C=O) groups is 1. The Hall–Kier alpha value is -1.07. The number of piperazine rings is 1. The monoisotopic (exact) mass is 274 g/mol. The van der Waals surface area contributed by atoms with Gasteiger partial charge in [0.2, 0.25) is 5.91 Å². The highest BCUT2D eigenvalue weighted by Crippen LogP contribution is 2.26. The Morgan fingerprint density at radius 2 is 1.88 bits per heavy atom. The topological polar surface area (TPSA) is 49.3 Å². The zero-order chi connectivity index (χ0) is 12.4. The molecule has 0 atom stereocenters. The number of anilines is 1. The molecule has 0 spiro atoms. The van der Waals surface area contributed by atoms with Crippen LogP contribution >= 0.6 is 23.2 Å². The fourth-order valence-electron chi connectivity index (χ4n) is 1.83. The minimum Gasteiger partial charge on any atom is -0.365 e. The van der Waals surface area contributed by atoms with E-state index < -0.39 is 0 Å². The van der Waals surface area contributed by atoms with Crippen LogP contribution in [0.3, 0.4) is 0 Å². The summed E-state index contributed by atoms with van der Waals surface area (Å²) in [4.78, 5) is 15.1. The molecule has 0 bridgehead atoms. The van der Waals surface area contributed by atoms with Crippen molar-refractivity contribution in [1.29, 1.82) is 0 Å². The molecule has 92 valence electrons. The molecular weight excluding hydrogens is 263 g/mol. The average molecular weight is 275 g/mol. The number of nitrogens with zero attached hydrogens (tertiary/aromatic N) is 4. The molecule has 1 saturated heterocycles. The highest BCUT2D eigenvalue weighted by atomic mass is 35.5. The van der Waals surface area contributed by atoms with Crippen molar-refractivity contribution in [3.63, 3.8) is 0 Å². The maximum absolute atomic E-state index is 11.2. The Kier molecular flexibility index (Phi) is 3.69. The van der Waals surface area contributed by atoms with Crippen molar-refractivity contribution in [2.75, 3.05) is 31.1 Å². The molecule has 2 heterocycles. The molecule has 1 aliphatic heterocycles. The van der Waals surface area contributed by atoms with Gasteiger partial charge in [-0.15, -0.1) is 10.2 Å². The third-order valence-electron chi connectivity index (χ3n) is 2.77. The van der Waals surface area contributed by atoms with Gasteiger partial charge < -0.3 is 9.80 Å². The third-order valence-corrected chi connectivity index (χ3v) is 3.22. The molecule has 1 aromatic rings. The van der Waals surface area contributed by atoms with E-state index in [-0.39, 0.29) is 5.91 Å². The van der Waals surface area contributed by atoms with Crippen LogP contribution < -0.4 is 4.90 Å². The summed E-state index contributed by atoms with van der Waals surface area (Å²) in [7, 11) is 0. The van der Waals surface area contributed by atoms with Crippen LogP contribution in [0.1, 0.15) is 6.92 Å². The molecule has 1 amide bonds. The predicted octanol–water partition coefficient (Wildman–Crippen LogP) is 1.45. The van der Waals surface area contributed by atoms with E-state index in [9.17, 15) is 4.79 Å². The molecular formula is C10H12Cl2N4O. The molecule has 0 N–H and O–H groups in total. The summed E-state index contributed by atoms with van der Waals surface area (Å²) in [6.45, 7) is 4.40. The first-order valence-electron chi connectivity index (χ1n) is 5.27. The molecule has 0 saturated carbocycles. The molecule has 7 heteroatoms. The van der Waals surface area contributed by atoms with Gasteiger partial charge in [0.1, 0.15) is 0 Å². The summed E-state index contributed by atoms with van der Waals surface area (Å²) < 4.78 is 0. The van der Waals surface area contributed by atoms with Gasteiger partial charge in [0.05, 0.1) is 5.69 Å². The molecule has 0 aliphatic carbocycles. The summed E-state index contributed by atoms with van der Waals surface area (Å²) >= 11 is 11.8. The zero-order valence-corrected chi connectivity index (χ0v) is 10.9. The lowest BCUT2D eigenvalue weighted by Gasteiger charge is -2.35. The van der Waals surface area contributed by atoms with E-state index in [1.165, 1.54) is 0 Å². The molecule has 5 nitrogen and oxygen atoms in total. The van der Waals surface area contributed by atoms with Crippen LogP contribution in [0.5, 0.6) is 0 Å². The van der Waals surface area contributed by atoms with Crippen LogP contribution in [0.4, 0.5) is 5.69 Å². The summed E-state index contributed by atoms with van der Waals surface area (Å²) in [5.74, 6) is 0.0987. The highest BCUT2D eigenvalue weighted by molar-refractivity contribution is 6.33. The molecule has 2 rings (SSSR count). The van der Waals surface area contributed by atoms with E-state index in [1.807, 2.05) is 0 Å². The van der Waals surface area contributed by atoms with Crippen molar-refractivity contribution in [2.24, 2.45) is 0 Å². The Morgan fingerprint density at radius 1 is 1.24 bits per heavy atom. The van der Waals surface area contributed by atoms with Crippen molar-refractivity contribution in [3.05, 3.63) is 16.4 Å². The van der Waals surface area contributed by atoms with E-state index in [0.29, 0.717) is 23.4 Å². The normalized spacial score (nSPS) is 16.2. The number of halogens is 2. The van der Waals surface area contributed by atoms with Crippen molar-refractivity contribution in [1.82, 2.24) is 15.1 Å². The van der Waals surface area contributed by atoms with Crippen molar-refractivity contribution < 1.29 is 4.79 Å². The highest BCUT2D eigenvalue weighted by Gasteiger charge is 2.21.